The van der Waals surface area contributed by atoms with Gasteiger partial charge in [0, 0.05) is 25.7 Å². The van der Waals surface area contributed by atoms with Gasteiger partial charge in [-0.05, 0) is 37.8 Å². The molecule has 0 aliphatic heterocycles. The lowest BCUT2D eigenvalue weighted by Gasteiger charge is -2.21. The van der Waals surface area contributed by atoms with E-state index < -0.39 is 10.0 Å². The van der Waals surface area contributed by atoms with Crippen molar-refractivity contribution < 1.29 is 8.42 Å². The minimum Gasteiger partial charge on any atom is -0.310 e. The fourth-order valence-electron chi connectivity index (χ4n) is 2.01. The van der Waals surface area contributed by atoms with Crippen molar-refractivity contribution in [3.05, 3.63) is 35.4 Å². The van der Waals surface area contributed by atoms with Crippen molar-refractivity contribution in [2.75, 3.05) is 7.05 Å². The third kappa shape index (κ3) is 4.30. The molecule has 0 heterocycles. The van der Waals surface area contributed by atoms with Gasteiger partial charge in [0.25, 0.3) is 0 Å². The Morgan fingerprint density at radius 1 is 1.30 bits per heavy atom. The first-order valence-corrected chi connectivity index (χ1v) is 8.76. The lowest BCUT2D eigenvalue weighted by molar-refractivity contribution is 0.410. The van der Waals surface area contributed by atoms with Crippen LogP contribution in [-0.4, -0.2) is 31.9 Å². The van der Waals surface area contributed by atoms with Crippen molar-refractivity contribution in [2.24, 2.45) is 0 Å². The van der Waals surface area contributed by atoms with Crippen LogP contribution in [-0.2, 0) is 22.3 Å². The average molecular weight is 296 g/mol. The monoisotopic (exact) mass is 296 g/mol. The summed E-state index contributed by atoms with van der Waals surface area (Å²) < 4.78 is 25.9. The third-order valence-corrected chi connectivity index (χ3v) is 5.68. The van der Waals surface area contributed by atoms with Crippen LogP contribution in [0.3, 0.4) is 0 Å². The fourth-order valence-corrected chi connectivity index (χ4v) is 3.46. The number of nitrogens with one attached hydrogen (secondary N) is 1. The zero-order valence-corrected chi connectivity index (χ0v) is 13.3. The maximum atomic E-state index is 12.2. The van der Waals surface area contributed by atoms with E-state index in [1.807, 2.05) is 38.1 Å². The molecule has 112 valence electrons. The Labute approximate surface area is 122 Å². The lowest BCUT2D eigenvalue weighted by Crippen LogP contribution is -2.34. The molecular weight excluding hydrogens is 272 g/mol. The number of benzene rings is 1. The number of nitrogens with zero attached hydrogens (tertiary/aromatic N) is 1. The molecule has 1 aromatic rings. The summed E-state index contributed by atoms with van der Waals surface area (Å²) in [6.45, 7) is 4.58. The Kier molecular flexibility index (Phi) is 4.83. The summed E-state index contributed by atoms with van der Waals surface area (Å²) in [5.74, 6) is 0.0684. The van der Waals surface area contributed by atoms with E-state index in [0.717, 1.165) is 17.7 Å². The first kappa shape index (κ1) is 15.5. The Balaban J connectivity index is 2.02. The lowest BCUT2D eigenvalue weighted by atomic mass is 10.1. The number of hydrogen-bond donors (Lipinski definition) is 1. The molecular formula is C15H24N2O2S. The quantitative estimate of drug-likeness (QED) is 0.838. The minimum absolute atomic E-state index is 0.0142. The molecule has 1 fully saturated rings. The molecule has 2 rings (SSSR count). The topological polar surface area (TPSA) is 49.4 Å². The van der Waals surface area contributed by atoms with E-state index in [2.05, 4.69) is 5.32 Å². The average Bonchev–Trinajstić information content (AvgIpc) is 3.19. The standard InChI is InChI=1S/C15H24N2O2S/c1-12(2)17(3)20(18,19)11-14-6-4-5-13(9-14)10-16-15-7-8-15/h4-6,9,12,15-16H,7-8,10-11H2,1-3H3. The van der Waals surface area contributed by atoms with E-state index in [1.165, 1.54) is 17.1 Å². The van der Waals surface area contributed by atoms with Gasteiger partial charge < -0.3 is 5.32 Å². The smallest absolute Gasteiger partial charge is 0.218 e. The van der Waals surface area contributed by atoms with Crippen LogP contribution in [0.25, 0.3) is 0 Å². The second kappa shape index (κ2) is 6.24. The first-order valence-electron chi connectivity index (χ1n) is 7.15. The number of hydrogen-bond acceptors (Lipinski definition) is 3. The van der Waals surface area contributed by atoms with E-state index >= 15 is 0 Å². The van der Waals surface area contributed by atoms with Gasteiger partial charge in [-0.3, -0.25) is 0 Å². The zero-order valence-electron chi connectivity index (χ0n) is 12.5. The maximum Gasteiger partial charge on any atom is 0.218 e. The molecule has 0 bridgehead atoms. The van der Waals surface area contributed by atoms with Crippen LogP contribution >= 0.6 is 0 Å². The third-order valence-electron chi connectivity index (χ3n) is 3.68. The van der Waals surface area contributed by atoms with Gasteiger partial charge in [-0.2, -0.15) is 0 Å². The van der Waals surface area contributed by atoms with Crippen LogP contribution in [0.4, 0.5) is 0 Å². The van der Waals surface area contributed by atoms with Crippen LogP contribution in [0.5, 0.6) is 0 Å². The van der Waals surface area contributed by atoms with Crippen molar-refractivity contribution in [3.8, 4) is 0 Å². The van der Waals surface area contributed by atoms with Gasteiger partial charge in [0.15, 0.2) is 0 Å². The fraction of sp³-hybridized carbons (Fsp3) is 0.600. The molecule has 0 aromatic heterocycles. The van der Waals surface area contributed by atoms with Gasteiger partial charge in [-0.1, -0.05) is 24.3 Å². The molecule has 20 heavy (non-hydrogen) atoms. The van der Waals surface area contributed by atoms with Crippen LogP contribution < -0.4 is 5.32 Å². The number of rotatable bonds is 7. The van der Waals surface area contributed by atoms with Gasteiger partial charge >= 0.3 is 0 Å². The molecule has 1 N–H and O–H groups in total. The van der Waals surface area contributed by atoms with Gasteiger partial charge in [0.05, 0.1) is 5.75 Å². The molecule has 0 atom stereocenters. The minimum atomic E-state index is -3.24. The van der Waals surface area contributed by atoms with Crippen LogP contribution in [0.2, 0.25) is 0 Å². The highest BCUT2D eigenvalue weighted by molar-refractivity contribution is 7.88. The van der Waals surface area contributed by atoms with Gasteiger partial charge in [0.1, 0.15) is 0 Å². The Morgan fingerprint density at radius 2 is 1.95 bits per heavy atom. The maximum absolute atomic E-state index is 12.2. The van der Waals surface area contributed by atoms with Crippen molar-refractivity contribution in [2.45, 2.75) is 51.1 Å². The molecule has 0 amide bonds. The highest BCUT2D eigenvalue weighted by Crippen LogP contribution is 2.20. The molecule has 0 unspecified atom stereocenters. The van der Waals surface area contributed by atoms with Crippen molar-refractivity contribution in [1.29, 1.82) is 0 Å². The largest absolute Gasteiger partial charge is 0.310 e. The van der Waals surface area contributed by atoms with Gasteiger partial charge in [-0.15, -0.1) is 0 Å². The predicted molar refractivity (Wildman–Crippen MR) is 81.8 cm³/mol. The molecule has 1 saturated carbocycles. The van der Waals surface area contributed by atoms with E-state index in [-0.39, 0.29) is 11.8 Å². The Morgan fingerprint density at radius 3 is 2.55 bits per heavy atom. The molecule has 0 spiro atoms. The number of sulfonamides is 1. The second-order valence-electron chi connectivity index (χ2n) is 5.84. The normalized spacial score (nSPS) is 16.1. The summed E-state index contributed by atoms with van der Waals surface area (Å²) in [6, 6.07) is 8.49. The van der Waals surface area contributed by atoms with Crippen LogP contribution in [0, 0.1) is 0 Å². The van der Waals surface area contributed by atoms with Crippen LogP contribution in [0.15, 0.2) is 24.3 Å². The van der Waals surface area contributed by atoms with E-state index in [1.54, 1.807) is 7.05 Å². The Hall–Kier alpha value is -0.910. The van der Waals surface area contributed by atoms with Crippen molar-refractivity contribution >= 4 is 10.0 Å². The summed E-state index contributed by atoms with van der Waals surface area (Å²) in [5.41, 5.74) is 2.00. The molecule has 1 aliphatic rings. The van der Waals surface area contributed by atoms with E-state index in [9.17, 15) is 8.42 Å². The summed E-state index contributed by atoms with van der Waals surface area (Å²) in [7, 11) is -1.60. The molecule has 0 saturated heterocycles. The molecule has 4 nitrogen and oxygen atoms in total. The zero-order chi connectivity index (χ0) is 14.8. The molecule has 1 aliphatic carbocycles. The summed E-state index contributed by atoms with van der Waals surface area (Å²) in [4.78, 5) is 0. The SMILES string of the molecule is CC(C)N(C)S(=O)(=O)Cc1cccc(CNC2CC2)c1. The van der Waals surface area contributed by atoms with E-state index in [4.69, 9.17) is 0 Å². The summed E-state index contributed by atoms with van der Waals surface area (Å²) in [5, 5.41) is 3.44. The molecule has 0 radical (unpaired) electrons. The van der Waals surface area contributed by atoms with Crippen LogP contribution in [0.1, 0.15) is 37.8 Å². The highest BCUT2D eigenvalue weighted by atomic mass is 32.2. The van der Waals surface area contributed by atoms with E-state index in [0.29, 0.717) is 6.04 Å². The first-order chi connectivity index (χ1) is 9.38. The highest BCUT2D eigenvalue weighted by Gasteiger charge is 2.22. The Bertz CT molecular complexity index is 551. The summed E-state index contributed by atoms with van der Waals surface area (Å²) in [6.07, 6.45) is 2.51. The molecule has 1 aromatic carbocycles. The van der Waals surface area contributed by atoms with Crippen molar-refractivity contribution in [1.82, 2.24) is 9.62 Å². The van der Waals surface area contributed by atoms with Gasteiger partial charge in [-0.25, -0.2) is 12.7 Å². The predicted octanol–water partition coefficient (Wildman–Crippen LogP) is 2.11. The summed E-state index contributed by atoms with van der Waals surface area (Å²) >= 11 is 0. The molecule has 5 heteroatoms. The second-order valence-corrected chi connectivity index (χ2v) is 7.87. The van der Waals surface area contributed by atoms with Gasteiger partial charge in [0.2, 0.25) is 10.0 Å². The van der Waals surface area contributed by atoms with Crippen molar-refractivity contribution in [3.63, 3.8) is 0 Å².